The summed E-state index contributed by atoms with van der Waals surface area (Å²) in [6.07, 6.45) is 0. The maximum absolute atomic E-state index is 12.7. The molecule has 1 aromatic carbocycles. The van der Waals surface area contributed by atoms with Crippen molar-refractivity contribution < 1.29 is 13.9 Å². The Bertz CT molecular complexity index is 431. The van der Waals surface area contributed by atoms with E-state index in [1.165, 1.54) is 18.2 Å². The Morgan fingerprint density at radius 2 is 2.38 bits per heavy atom. The summed E-state index contributed by atoms with van der Waals surface area (Å²) in [7, 11) is 0. The van der Waals surface area contributed by atoms with Gasteiger partial charge < -0.3 is 10.1 Å². The first kappa shape index (κ1) is 12.5. The SMILES string of the molecule is N#CCNC(=O)COc1ccc(F)cc1Br. The molecule has 0 aliphatic heterocycles. The average molecular weight is 287 g/mol. The van der Waals surface area contributed by atoms with Crippen LogP contribution in [0.1, 0.15) is 0 Å². The number of nitriles is 1. The van der Waals surface area contributed by atoms with Crippen LogP contribution in [0.5, 0.6) is 5.75 Å². The molecule has 1 amide bonds. The van der Waals surface area contributed by atoms with E-state index in [1.807, 2.05) is 0 Å². The maximum Gasteiger partial charge on any atom is 0.258 e. The van der Waals surface area contributed by atoms with Crippen LogP contribution in [0.15, 0.2) is 22.7 Å². The normalized spacial score (nSPS) is 9.31. The van der Waals surface area contributed by atoms with E-state index in [0.717, 1.165) is 0 Å². The molecule has 0 aromatic heterocycles. The van der Waals surface area contributed by atoms with Gasteiger partial charge in [-0.25, -0.2) is 4.39 Å². The van der Waals surface area contributed by atoms with Gasteiger partial charge in [0.1, 0.15) is 18.1 Å². The minimum absolute atomic E-state index is 0.0627. The van der Waals surface area contributed by atoms with Crippen molar-refractivity contribution in [1.29, 1.82) is 5.26 Å². The summed E-state index contributed by atoms with van der Waals surface area (Å²) in [6.45, 7) is -0.279. The summed E-state index contributed by atoms with van der Waals surface area (Å²) in [6, 6.07) is 5.65. The predicted molar refractivity (Wildman–Crippen MR) is 58.2 cm³/mol. The summed E-state index contributed by atoms with van der Waals surface area (Å²) in [5.74, 6) is -0.431. The number of nitrogens with zero attached hydrogens (tertiary/aromatic N) is 1. The van der Waals surface area contributed by atoms with Crippen LogP contribution in [-0.4, -0.2) is 19.1 Å². The van der Waals surface area contributed by atoms with E-state index in [9.17, 15) is 9.18 Å². The highest BCUT2D eigenvalue weighted by atomic mass is 79.9. The average Bonchev–Trinajstić information content (AvgIpc) is 2.25. The maximum atomic E-state index is 12.7. The number of carbonyl (C=O) groups excluding carboxylic acids is 1. The van der Waals surface area contributed by atoms with Crippen LogP contribution in [0.25, 0.3) is 0 Å². The van der Waals surface area contributed by atoms with E-state index >= 15 is 0 Å². The molecular formula is C10H8BrFN2O2. The Labute approximate surface area is 100 Å². The van der Waals surface area contributed by atoms with E-state index in [-0.39, 0.29) is 13.2 Å². The first-order valence-corrected chi connectivity index (χ1v) is 5.14. The fourth-order valence-corrected chi connectivity index (χ4v) is 1.39. The summed E-state index contributed by atoms with van der Waals surface area (Å²) >= 11 is 3.10. The quantitative estimate of drug-likeness (QED) is 0.856. The standard InChI is InChI=1S/C10H8BrFN2O2/c11-8-5-7(12)1-2-9(8)16-6-10(15)14-4-3-13/h1-2,5H,4,6H2,(H,14,15). The second kappa shape index (κ2) is 6.08. The molecular weight excluding hydrogens is 279 g/mol. The van der Waals surface area contributed by atoms with E-state index in [4.69, 9.17) is 10.00 Å². The van der Waals surface area contributed by atoms with E-state index in [0.29, 0.717) is 10.2 Å². The first-order valence-electron chi connectivity index (χ1n) is 4.35. The van der Waals surface area contributed by atoms with Crippen LogP contribution in [0.2, 0.25) is 0 Å². The molecule has 16 heavy (non-hydrogen) atoms. The molecule has 0 saturated heterocycles. The third-order valence-corrected chi connectivity index (χ3v) is 2.24. The van der Waals surface area contributed by atoms with Crippen molar-refractivity contribution in [2.75, 3.05) is 13.2 Å². The second-order valence-corrected chi connectivity index (χ2v) is 3.65. The van der Waals surface area contributed by atoms with Gasteiger partial charge in [0.25, 0.3) is 5.91 Å². The molecule has 0 saturated carbocycles. The Morgan fingerprint density at radius 3 is 3.00 bits per heavy atom. The van der Waals surface area contributed by atoms with Crippen molar-refractivity contribution >= 4 is 21.8 Å². The Hall–Kier alpha value is -1.61. The molecule has 0 aliphatic rings. The summed E-state index contributed by atoms with van der Waals surface area (Å²) in [5.41, 5.74) is 0. The van der Waals surface area contributed by atoms with Gasteiger partial charge in [0.05, 0.1) is 10.5 Å². The number of benzene rings is 1. The minimum atomic E-state index is -0.405. The van der Waals surface area contributed by atoms with Gasteiger partial charge in [0.2, 0.25) is 0 Å². The monoisotopic (exact) mass is 286 g/mol. The molecule has 0 fully saturated rings. The fourth-order valence-electron chi connectivity index (χ4n) is 0.925. The number of halogens is 2. The van der Waals surface area contributed by atoms with Gasteiger partial charge in [-0.05, 0) is 34.1 Å². The summed E-state index contributed by atoms with van der Waals surface area (Å²) in [4.78, 5) is 11.1. The zero-order valence-electron chi connectivity index (χ0n) is 8.17. The van der Waals surface area contributed by atoms with Gasteiger partial charge in [-0.3, -0.25) is 4.79 Å². The van der Waals surface area contributed by atoms with Crippen molar-refractivity contribution in [2.45, 2.75) is 0 Å². The van der Waals surface area contributed by atoms with Gasteiger partial charge >= 0.3 is 0 Å². The number of ether oxygens (including phenoxy) is 1. The zero-order valence-corrected chi connectivity index (χ0v) is 9.75. The van der Waals surface area contributed by atoms with E-state index in [1.54, 1.807) is 6.07 Å². The lowest BCUT2D eigenvalue weighted by molar-refractivity contribution is -0.122. The predicted octanol–water partition coefficient (Wildman–Crippen LogP) is 1.61. The van der Waals surface area contributed by atoms with Crippen LogP contribution >= 0.6 is 15.9 Å². The van der Waals surface area contributed by atoms with E-state index < -0.39 is 11.7 Å². The van der Waals surface area contributed by atoms with Crippen LogP contribution in [0, 0.1) is 17.1 Å². The van der Waals surface area contributed by atoms with Gasteiger partial charge in [0, 0.05) is 0 Å². The van der Waals surface area contributed by atoms with Crippen molar-refractivity contribution in [3.63, 3.8) is 0 Å². The van der Waals surface area contributed by atoms with Crippen LogP contribution < -0.4 is 10.1 Å². The van der Waals surface area contributed by atoms with Crippen LogP contribution in [0.4, 0.5) is 4.39 Å². The fraction of sp³-hybridized carbons (Fsp3) is 0.200. The smallest absolute Gasteiger partial charge is 0.258 e. The largest absolute Gasteiger partial charge is 0.483 e. The van der Waals surface area contributed by atoms with Crippen molar-refractivity contribution in [3.8, 4) is 11.8 Å². The van der Waals surface area contributed by atoms with Crippen molar-refractivity contribution in [2.24, 2.45) is 0 Å². The minimum Gasteiger partial charge on any atom is -0.483 e. The Kier molecular flexibility index (Phi) is 4.73. The molecule has 0 radical (unpaired) electrons. The third kappa shape index (κ3) is 3.87. The summed E-state index contributed by atoms with van der Waals surface area (Å²) < 4.78 is 18.3. The molecule has 0 spiro atoms. The Balaban J connectivity index is 2.49. The number of carbonyl (C=O) groups is 1. The van der Waals surface area contributed by atoms with Crippen molar-refractivity contribution in [3.05, 3.63) is 28.5 Å². The molecule has 6 heteroatoms. The molecule has 4 nitrogen and oxygen atoms in total. The van der Waals surface area contributed by atoms with Crippen LogP contribution in [0.3, 0.4) is 0 Å². The van der Waals surface area contributed by atoms with Gasteiger partial charge in [-0.15, -0.1) is 0 Å². The number of nitrogens with one attached hydrogen (secondary N) is 1. The molecule has 0 aliphatic carbocycles. The lowest BCUT2D eigenvalue weighted by Gasteiger charge is -2.07. The zero-order chi connectivity index (χ0) is 12.0. The molecule has 1 aromatic rings. The van der Waals surface area contributed by atoms with Crippen molar-refractivity contribution in [1.82, 2.24) is 5.32 Å². The second-order valence-electron chi connectivity index (χ2n) is 2.80. The lowest BCUT2D eigenvalue weighted by atomic mass is 10.3. The Morgan fingerprint density at radius 1 is 1.62 bits per heavy atom. The number of hydrogen-bond donors (Lipinski definition) is 1. The molecule has 0 bridgehead atoms. The van der Waals surface area contributed by atoms with Gasteiger partial charge in [-0.2, -0.15) is 5.26 Å². The molecule has 1 N–H and O–H groups in total. The van der Waals surface area contributed by atoms with Gasteiger partial charge in [0.15, 0.2) is 6.61 Å². The molecule has 0 atom stereocenters. The van der Waals surface area contributed by atoms with Crippen LogP contribution in [-0.2, 0) is 4.79 Å². The lowest BCUT2D eigenvalue weighted by Crippen LogP contribution is -2.29. The molecule has 0 unspecified atom stereocenters. The summed E-state index contributed by atoms with van der Waals surface area (Å²) in [5, 5.41) is 10.5. The number of hydrogen-bond acceptors (Lipinski definition) is 3. The number of rotatable bonds is 4. The molecule has 0 heterocycles. The molecule has 1 rings (SSSR count). The van der Waals surface area contributed by atoms with Gasteiger partial charge in [-0.1, -0.05) is 0 Å². The first-order chi connectivity index (χ1) is 7.63. The molecule has 84 valence electrons. The number of amides is 1. The topological polar surface area (TPSA) is 62.1 Å². The third-order valence-electron chi connectivity index (χ3n) is 1.62. The highest BCUT2D eigenvalue weighted by Gasteiger charge is 2.05. The van der Waals surface area contributed by atoms with E-state index in [2.05, 4.69) is 21.2 Å². The highest BCUT2D eigenvalue weighted by Crippen LogP contribution is 2.25. The highest BCUT2D eigenvalue weighted by molar-refractivity contribution is 9.10.